The van der Waals surface area contributed by atoms with E-state index in [1.165, 1.54) is 19.3 Å². The molecule has 3 aromatic carbocycles. The van der Waals surface area contributed by atoms with Crippen molar-refractivity contribution in [3.8, 4) is 34.6 Å². The number of rotatable bonds is 8. The van der Waals surface area contributed by atoms with Crippen LogP contribution in [0, 0.1) is 0 Å². The summed E-state index contributed by atoms with van der Waals surface area (Å²) < 4.78 is 19.3. The lowest BCUT2D eigenvalue weighted by Gasteiger charge is -2.20. The Morgan fingerprint density at radius 3 is 2.24 bits per heavy atom. The van der Waals surface area contributed by atoms with Gasteiger partial charge < -0.3 is 14.2 Å². The first-order chi connectivity index (χ1) is 16.8. The highest BCUT2D eigenvalue weighted by molar-refractivity contribution is 5.60. The Hall–Kier alpha value is -3.80. The molecule has 0 bridgehead atoms. The SMILES string of the molecule is COc1ccc(-n2nc(OC3CCCCC3)nc2-c2ccc(OCc3ccccc3)cc2)cc1. The van der Waals surface area contributed by atoms with Gasteiger partial charge in [-0.2, -0.15) is 4.98 Å². The lowest BCUT2D eigenvalue weighted by molar-refractivity contribution is 0.142. The topological polar surface area (TPSA) is 58.4 Å². The van der Waals surface area contributed by atoms with Crippen LogP contribution in [0.25, 0.3) is 17.1 Å². The number of benzene rings is 3. The van der Waals surface area contributed by atoms with Crippen LogP contribution in [0.3, 0.4) is 0 Å². The van der Waals surface area contributed by atoms with Gasteiger partial charge in [-0.3, -0.25) is 0 Å². The molecule has 1 aliphatic rings. The maximum atomic E-state index is 6.18. The highest BCUT2D eigenvalue weighted by Gasteiger charge is 2.20. The Morgan fingerprint density at radius 1 is 0.824 bits per heavy atom. The minimum Gasteiger partial charge on any atom is -0.497 e. The number of aromatic nitrogens is 3. The molecule has 0 aliphatic heterocycles. The monoisotopic (exact) mass is 455 g/mol. The molecule has 6 heteroatoms. The molecule has 34 heavy (non-hydrogen) atoms. The molecule has 0 radical (unpaired) electrons. The van der Waals surface area contributed by atoms with E-state index in [-0.39, 0.29) is 6.10 Å². The Morgan fingerprint density at radius 2 is 1.53 bits per heavy atom. The normalized spacial score (nSPS) is 14.0. The van der Waals surface area contributed by atoms with Crippen molar-refractivity contribution in [3.05, 3.63) is 84.4 Å². The molecule has 1 fully saturated rings. The highest BCUT2D eigenvalue weighted by Crippen LogP contribution is 2.28. The van der Waals surface area contributed by atoms with Gasteiger partial charge in [0.2, 0.25) is 0 Å². The van der Waals surface area contributed by atoms with Gasteiger partial charge in [-0.25, -0.2) is 4.68 Å². The predicted molar refractivity (Wildman–Crippen MR) is 132 cm³/mol. The van der Waals surface area contributed by atoms with Crippen molar-refractivity contribution in [2.45, 2.75) is 44.8 Å². The fraction of sp³-hybridized carbons (Fsp3) is 0.286. The second kappa shape index (κ2) is 10.4. The molecule has 0 spiro atoms. The molecule has 1 heterocycles. The van der Waals surface area contributed by atoms with E-state index in [0.717, 1.165) is 47.0 Å². The average Bonchev–Trinajstić information content (AvgIpc) is 3.32. The van der Waals surface area contributed by atoms with Crippen LogP contribution in [0.1, 0.15) is 37.7 Å². The predicted octanol–water partition coefficient (Wildman–Crippen LogP) is 6.23. The largest absolute Gasteiger partial charge is 0.497 e. The molecule has 0 atom stereocenters. The fourth-order valence-electron chi connectivity index (χ4n) is 4.21. The van der Waals surface area contributed by atoms with E-state index in [2.05, 4.69) is 12.1 Å². The third kappa shape index (κ3) is 5.22. The molecule has 0 unspecified atom stereocenters. The zero-order valence-corrected chi connectivity index (χ0v) is 19.4. The summed E-state index contributed by atoms with van der Waals surface area (Å²) in [4.78, 5) is 4.77. The summed E-state index contributed by atoms with van der Waals surface area (Å²) in [7, 11) is 1.66. The van der Waals surface area contributed by atoms with E-state index in [4.69, 9.17) is 24.3 Å². The number of nitrogens with zero attached hydrogens (tertiary/aromatic N) is 3. The van der Waals surface area contributed by atoms with Crippen LogP contribution in [0.4, 0.5) is 0 Å². The van der Waals surface area contributed by atoms with E-state index in [9.17, 15) is 0 Å². The van der Waals surface area contributed by atoms with Crippen molar-refractivity contribution in [1.82, 2.24) is 14.8 Å². The molecule has 0 saturated heterocycles. The molecule has 6 nitrogen and oxygen atoms in total. The van der Waals surface area contributed by atoms with Gasteiger partial charge in [0.1, 0.15) is 24.2 Å². The molecule has 4 aromatic rings. The summed E-state index contributed by atoms with van der Waals surface area (Å²) in [6.07, 6.45) is 5.96. The second-order valence-corrected chi connectivity index (χ2v) is 8.50. The standard InChI is InChI=1S/C28H29N3O3/c1-32-24-18-14-23(15-19-24)31-27(29-28(30-31)34-26-10-6-3-7-11-26)22-12-16-25(17-13-22)33-20-21-8-4-2-5-9-21/h2,4-5,8-9,12-19,26H,3,6-7,10-11,20H2,1H3. The van der Waals surface area contributed by atoms with Gasteiger partial charge in [-0.1, -0.05) is 36.8 Å². The number of methoxy groups -OCH3 is 1. The van der Waals surface area contributed by atoms with Crippen LogP contribution in [-0.4, -0.2) is 28.0 Å². The molecular formula is C28H29N3O3. The Kier molecular flexibility index (Phi) is 6.75. The quantitative estimate of drug-likeness (QED) is 0.315. The van der Waals surface area contributed by atoms with E-state index in [1.54, 1.807) is 7.11 Å². The molecule has 1 saturated carbocycles. The minimum atomic E-state index is 0.182. The smallest absolute Gasteiger partial charge is 0.336 e. The van der Waals surface area contributed by atoms with Gasteiger partial charge >= 0.3 is 6.01 Å². The number of ether oxygens (including phenoxy) is 3. The van der Waals surface area contributed by atoms with Crippen molar-refractivity contribution in [2.24, 2.45) is 0 Å². The summed E-state index contributed by atoms with van der Waals surface area (Å²) >= 11 is 0. The van der Waals surface area contributed by atoms with E-state index >= 15 is 0 Å². The lowest BCUT2D eigenvalue weighted by Crippen LogP contribution is -2.20. The van der Waals surface area contributed by atoms with Gasteiger partial charge in [0.25, 0.3) is 0 Å². The Labute approximate surface area is 200 Å². The van der Waals surface area contributed by atoms with Crippen LogP contribution in [0.5, 0.6) is 17.5 Å². The van der Waals surface area contributed by atoms with E-state index in [0.29, 0.717) is 12.6 Å². The van der Waals surface area contributed by atoms with Crippen molar-refractivity contribution < 1.29 is 14.2 Å². The number of hydrogen-bond acceptors (Lipinski definition) is 5. The zero-order chi connectivity index (χ0) is 23.2. The van der Waals surface area contributed by atoms with Gasteiger partial charge in [-0.05, 0) is 79.8 Å². The van der Waals surface area contributed by atoms with Gasteiger partial charge in [0, 0.05) is 5.56 Å². The van der Waals surface area contributed by atoms with E-state index in [1.807, 2.05) is 71.4 Å². The van der Waals surface area contributed by atoms with Gasteiger partial charge in [0.15, 0.2) is 5.82 Å². The summed E-state index contributed by atoms with van der Waals surface area (Å²) in [6.45, 7) is 0.529. The Balaban J connectivity index is 1.40. The molecule has 1 aromatic heterocycles. The van der Waals surface area contributed by atoms with Crippen molar-refractivity contribution in [1.29, 1.82) is 0 Å². The van der Waals surface area contributed by atoms with Gasteiger partial charge in [-0.15, -0.1) is 5.10 Å². The molecule has 0 N–H and O–H groups in total. The first-order valence-electron chi connectivity index (χ1n) is 11.8. The summed E-state index contributed by atoms with van der Waals surface area (Å²) in [5.41, 5.74) is 2.97. The fourth-order valence-corrected chi connectivity index (χ4v) is 4.21. The summed E-state index contributed by atoms with van der Waals surface area (Å²) in [5.74, 6) is 2.33. The molecule has 174 valence electrons. The third-order valence-corrected chi connectivity index (χ3v) is 6.09. The van der Waals surface area contributed by atoms with Crippen molar-refractivity contribution in [3.63, 3.8) is 0 Å². The maximum Gasteiger partial charge on any atom is 0.336 e. The van der Waals surface area contributed by atoms with Crippen LogP contribution in [0.2, 0.25) is 0 Å². The maximum absolute atomic E-state index is 6.18. The third-order valence-electron chi connectivity index (χ3n) is 6.09. The van der Waals surface area contributed by atoms with Crippen LogP contribution in [0.15, 0.2) is 78.9 Å². The highest BCUT2D eigenvalue weighted by atomic mass is 16.5. The molecule has 1 aliphatic carbocycles. The van der Waals surface area contributed by atoms with Gasteiger partial charge in [0.05, 0.1) is 12.8 Å². The van der Waals surface area contributed by atoms with Crippen LogP contribution < -0.4 is 14.2 Å². The molecular weight excluding hydrogens is 426 g/mol. The first-order valence-corrected chi connectivity index (χ1v) is 11.8. The number of hydrogen-bond donors (Lipinski definition) is 0. The Bertz CT molecular complexity index is 1180. The summed E-state index contributed by atoms with van der Waals surface area (Å²) in [6, 6.07) is 26.3. The lowest BCUT2D eigenvalue weighted by atomic mass is 9.98. The van der Waals surface area contributed by atoms with Crippen LogP contribution in [-0.2, 0) is 6.61 Å². The minimum absolute atomic E-state index is 0.182. The summed E-state index contributed by atoms with van der Waals surface area (Å²) in [5, 5.41) is 4.72. The second-order valence-electron chi connectivity index (χ2n) is 8.50. The van der Waals surface area contributed by atoms with Crippen LogP contribution >= 0.6 is 0 Å². The first kappa shape index (κ1) is 22.0. The average molecular weight is 456 g/mol. The zero-order valence-electron chi connectivity index (χ0n) is 19.4. The van der Waals surface area contributed by atoms with E-state index < -0.39 is 0 Å². The van der Waals surface area contributed by atoms with Crippen molar-refractivity contribution in [2.75, 3.05) is 7.11 Å². The molecule has 5 rings (SSSR count). The molecule has 0 amide bonds. The van der Waals surface area contributed by atoms with Crippen molar-refractivity contribution >= 4 is 0 Å².